The van der Waals surface area contributed by atoms with Crippen LogP contribution < -0.4 is 5.06 Å². The van der Waals surface area contributed by atoms with Gasteiger partial charge in [-0.15, -0.1) is 0 Å². The molecule has 0 saturated carbocycles. The van der Waals surface area contributed by atoms with Gasteiger partial charge in [-0.2, -0.15) is 0 Å². The first-order chi connectivity index (χ1) is 9.31. The molecule has 0 unspecified atom stereocenters. The van der Waals surface area contributed by atoms with Crippen molar-refractivity contribution in [3.63, 3.8) is 0 Å². The number of hydrogen-bond donors (Lipinski definition) is 0. The second-order valence-electron chi connectivity index (χ2n) is 5.55. The summed E-state index contributed by atoms with van der Waals surface area (Å²) in [6, 6.07) is 17.7. The molecule has 2 aliphatic rings. The zero-order valence-electron chi connectivity index (χ0n) is 11.0. The predicted molar refractivity (Wildman–Crippen MR) is 76.0 cm³/mol. The molecule has 2 aromatic carbocycles. The number of hydroxylamine groups is 1. The van der Waals surface area contributed by atoms with Gasteiger partial charge < -0.3 is 0 Å². The molecule has 96 valence electrons. The maximum absolute atomic E-state index is 6.06. The lowest BCUT2D eigenvalue weighted by molar-refractivity contribution is 0.0734. The standard InChI is InChI=1S/C17H17NO/c1-12-5-4-7-13(9-12)17-11-15-10-14-6-2-3-8-16(14)18(17)19-15/h2-9,15,17H,10-11H2,1H3/t15-,17+/m1/s1. The van der Waals surface area contributed by atoms with Crippen LogP contribution in [0.25, 0.3) is 0 Å². The Morgan fingerprint density at radius 2 is 2.00 bits per heavy atom. The Bertz CT molecular complexity index is 622. The first-order valence-corrected chi connectivity index (χ1v) is 6.92. The van der Waals surface area contributed by atoms with Crippen molar-refractivity contribution in [3.05, 3.63) is 65.2 Å². The van der Waals surface area contributed by atoms with E-state index < -0.39 is 0 Å². The van der Waals surface area contributed by atoms with Crippen LogP contribution in [0.3, 0.4) is 0 Å². The van der Waals surface area contributed by atoms with Gasteiger partial charge in [0.25, 0.3) is 0 Å². The molecule has 0 aliphatic carbocycles. The van der Waals surface area contributed by atoms with Crippen molar-refractivity contribution in [1.82, 2.24) is 0 Å². The summed E-state index contributed by atoms with van der Waals surface area (Å²) in [5, 5.41) is 2.12. The third-order valence-corrected chi connectivity index (χ3v) is 4.14. The molecule has 0 N–H and O–H groups in total. The van der Waals surface area contributed by atoms with Crippen LogP contribution in [0.15, 0.2) is 48.5 Å². The largest absolute Gasteiger partial charge is 0.269 e. The van der Waals surface area contributed by atoms with E-state index in [1.165, 1.54) is 22.4 Å². The van der Waals surface area contributed by atoms with Crippen molar-refractivity contribution in [1.29, 1.82) is 0 Å². The fourth-order valence-electron chi connectivity index (χ4n) is 3.26. The van der Waals surface area contributed by atoms with Crippen molar-refractivity contribution in [2.45, 2.75) is 31.9 Å². The van der Waals surface area contributed by atoms with Crippen LogP contribution in [-0.2, 0) is 11.3 Å². The SMILES string of the molecule is Cc1cccc([C@@H]2C[C@H]3Cc4ccccc4N2O3)c1. The molecule has 1 saturated heterocycles. The van der Waals surface area contributed by atoms with Gasteiger partial charge >= 0.3 is 0 Å². The average Bonchev–Trinajstić information content (AvgIpc) is 2.77. The van der Waals surface area contributed by atoms with Crippen LogP contribution in [0.1, 0.15) is 29.2 Å². The third kappa shape index (κ3) is 1.75. The Labute approximate surface area is 113 Å². The molecule has 0 spiro atoms. The predicted octanol–water partition coefficient (Wildman–Crippen LogP) is 3.80. The molecule has 2 bridgehead atoms. The van der Waals surface area contributed by atoms with E-state index in [-0.39, 0.29) is 0 Å². The molecule has 0 aromatic heterocycles. The number of anilines is 1. The van der Waals surface area contributed by atoms with Crippen LogP contribution >= 0.6 is 0 Å². The van der Waals surface area contributed by atoms with Crippen LogP contribution in [0.5, 0.6) is 0 Å². The molecule has 0 amide bonds. The lowest BCUT2D eigenvalue weighted by Crippen LogP contribution is -2.27. The molecule has 19 heavy (non-hydrogen) atoms. The zero-order valence-corrected chi connectivity index (χ0v) is 11.0. The molecule has 2 atom stereocenters. The minimum absolute atomic E-state index is 0.334. The summed E-state index contributed by atoms with van der Waals surface area (Å²) >= 11 is 0. The van der Waals surface area contributed by atoms with Gasteiger partial charge in [0.15, 0.2) is 0 Å². The Hall–Kier alpha value is -1.80. The topological polar surface area (TPSA) is 12.5 Å². The third-order valence-electron chi connectivity index (χ3n) is 4.14. The normalized spacial score (nSPS) is 24.4. The van der Waals surface area contributed by atoms with Gasteiger partial charge in [-0.25, -0.2) is 5.06 Å². The summed E-state index contributed by atoms with van der Waals surface area (Å²) in [5.74, 6) is 0. The Morgan fingerprint density at radius 1 is 1.11 bits per heavy atom. The average molecular weight is 251 g/mol. The fraction of sp³-hybridized carbons (Fsp3) is 0.294. The fourth-order valence-corrected chi connectivity index (χ4v) is 3.26. The summed E-state index contributed by atoms with van der Waals surface area (Å²) in [5.41, 5.74) is 5.32. The number of benzene rings is 2. The summed E-state index contributed by atoms with van der Waals surface area (Å²) in [6.45, 7) is 2.15. The van der Waals surface area contributed by atoms with E-state index in [2.05, 4.69) is 60.5 Å². The van der Waals surface area contributed by atoms with Gasteiger partial charge in [0.2, 0.25) is 0 Å². The van der Waals surface area contributed by atoms with E-state index in [4.69, 9.17) is 4.84 Å². The highest BCUT2D eigenvalue weighted by Gasteiger charge is 2.39. The maximum Gasteiger partial charge on any atom is 0.0921 e. The summed E-state index contributed by atoms with van der Waals surface area (Å²) < 4.78 is 0. The van der Waals surface area contributed by atoms with Crippen LogP contribution in [0.4, 0.5) is 5.69 Å². The first kappa shape index (κ1) is 11.1. The zero-order chi connectivity index (χ0) is 12.8. The molecule has 2 aromatic rings. The van der Waals surface area contributed by atoms with Gasteiger partial charge in [-0.3, -0.25) is 4.84 Å². The van der Waals surface area contributed by atoms with E-state index in [9.17, 15) is 0 Å². The number of para-hydroxylation sites is 1. The molecule has 0 radical (unpaired) electrons. The minimum atomic E-state index is 0.334. The minimum Gasteiger partial charge on any atom is -0.269 e. The Kier molecular flexibility index (Phi) is 2.39. The van der Waals surface area contributed by atoms with E-state index in [0.717, 1.165) is 12.8 Å². The van der Waals surface area contributed by atoms with Crippen molar-refractivity contribution in [3.8, 4) is 0 Å². The molecular formula is C17H17NO. The van der Waals surface area contributed by atoms with Crippen LogP contribution in [0, 0.1) is 6.92 Å². The molecule has 2 heteroatoms. The van der Waals surface area contributed by atoms with E-state index in [1.54, 1.807) is 0 Å². The van der Waals surface area contributed by atoms with Crippen LogP contribution in [-0.4, -0.2) is 6.10 Å². The molecule has 2 nitrogen and oxygen atoms in total. The van der Waals surface area contributed by atoms with Gasteiger partial charge in [-0.1, -0.05) is 48.0 Å². The number of aryl methyl sites for hydroxylation is 1. The van der Waals surface area contributed by atoms with E-state index >= 15 is 0 Å². The Balaban J connectivity index is 1.77. The van der Waals surface area contributed by atoms with Gasteiger partial charge in [-0.05, 0) is 24.1 Å². The highest BCUT2D eigenvalue weighted by molar-refractivity contribution is 5.56. The number of nitrogens with zero attached hydrogens (tertiary/aromatic N) is 1. The number of fused-ring (bicyclic) bond motifs is 4. The summed E-state index contributed by atoms with van der Waals surface area (Å²) in [6.07, 6.45) is 2.45. The summed E-state index contributed by atoms with van der Waals surface area (Å²) in [7, 11) is 0. The van der Waals surface area contributed by atoms with Crippen molar-refractivity contribution in [2.75, 3.05) is 5.06 Å². The molecule has 1 fully saturated rings. The van der Waals surface area contributed by atoms with E-state index in [0.29, 0.717) is 12.1 Å². The van der Waals surface area contributed by atoms with Crippen molar-refractivity contribution < 1.29 is 4.84 Å². The quantitative estimate of drug-likeness (QED) is 0.764. The molecule has 4 rings (SSSR count). The number of rotatable bonds is 1. The lowest BCUT2D eigenvalue weighted by Gasteiger charge is -2.30. The second kappa shape index (κ2) is 4.10. The highest BCUT2D eigenvalue weighted by atomic mass is 16.7. The molecular weight excluding hydrogens is 234 g/mol. The van der Waals surface area contributed by atoms with Crippen LogP contribution in [0.2, 0.25) is 0 Å². The molecule has 2 aliphatic heterocycles. The second-order valence-corrected chi connectivity index (χ2v) is 5.55. The van der Waals surface area contributed by atoms with Gasteiger partial charge in [0, 0.05) is 12.8 Å². The smallest absolute Gasteiger partial charge is 0.0921 e. The number of hydrogen-bond acceptors (Lipinski definition) is 2. The lowest BCUT2D eigenvalue weighted by atomic mass is 9.99. The first-order valence-electron chi connectivity index (χ1n) is 6.92. The van der Waals surface area contributed by atoms with Gasteiger partial charge in [0.1, 0.15) is 0 Å². The monoisotopic (exact) mass is 251 g/mol. The Morgan fingerprint density at radius 3 is 2.89 bits per heavy atom. The van der Waals surface area contributed by atoms with E-state index in [1.807, 2.05) is 0 Å². The van der Waals surface area contributed by atoms with Crippen molar-refractivity contribution >= 4 is 5.69 Å². The molecule has 2 heterocycles. The van der Waals surface area contributed by atoms with Crippen molar-refractivity contribution in [2.24, 2.45) is 0 Å². The summed E-state index contributed by atoms with van der Waals surface area (Å²) in [4.78, 5) is 6.06. The van der Waals surface area contributed by atoms with Gasteiger partial charge in [0.05, 0.1) is 17.8 Å². The maximum atomic E-state index is 6.06. The highest BCUT2D eigenvalue weighted by Crippen LogP contribution is 2.44.